The van der Waals surface area contributed by atoms with Crippen LogP contribution >= 0.6 is 23.2 Å². The Kier molecular flexibility index (Phi) is 7.67. The lowest BCUT2D eigenvalue weighted by molar-refractivity contribution is 0.0848. The van der Waals surface area contributed by atoms with Crippen molar-refractivity contribution >= 4 is 23.2 Å². The second-order valence-electron chi connectivity index (χ2n) is 4.35. The highest BCUT2D eigenvalue weighted by Gasteiger charge is 2.22. The minimum absolute atomic E-state index is 0.194. The number of alkyl halides is 2. The van der Waals surface area contributed by atoms with Gasteiger partial charge in [0, 0.05) is 0 Å². The molecule has 0 radical (unpaired) electrons. The number of rotatable bonds is 2. The second-order valence-corrected chi connectivity index (χ2v) is 5.16. The third-order valence-electron chi connectivity index (χ3n) is 3.24. The molecule has 0 amide bonds. The summed E-state index contributed by atoms with van der Waals surface area (Å²) < 4.78 is 0. The molecular weight excluding hydrogens is 255 g/mol. The van der Waals surface area contributed by atoms with Crippen LogP contribution in [-0.4, -0.2) is 10.4 Å². The summed E-state index contributed by atoms with van der Waals surface area (Å²) in [6.07, 6.45) is 6.06. The minimum Gasteiger partial charge on any atom is -0.388 e. The smallest absolute Gasteiger partial charge is 0.0967 e. The summed E-state index contributed by atoms with van der Waals surface area (Å²) in [7, 11) is 0. The highest BCUT2D eigenvalue weighted by molar-refractivity contribution is 6.40. The Labute approximate surface area is 114 Å². The van der Waals surface area contributed by atoms with E-state index < -0.39 is 0 Å². The van der Waals surface area contributed by atoms with Gasteiger partial charge in [-0.15, -0.1) is 23.2 Å². The van der Waals surface area contributed by atoms with Gasteiger partial charge < -0.3 is 5.11 Å². The van der Waals surface area contributed by atoms with Gasteiger partial charge in [0.15, 0.2) is 0 Å². The molecule has 1 fully saturated rings. The Balaban J connectivity index is 0.000000437. The highest BCUT2D eigenvalue weighted by atomic mass is 35.5. The van der Waals surface area contributed by atoms with Gasteiger partial charge in [0.2, 0.25) is 0 Å². The van der Waals surface area contributed by atoms with Crippen LogP contribution in [-0.2, 0) is 0 Å². The summed E-state index contributed by atoms with van der Waals surface area (Å²) in [5.41, 5.74) is 1.08. The third kappa shape index (κ3) is 5.29. The molecule has 2 rings (SSSR count). The summed E-state index contributed by atoms with van der Waals surface area (Å²) >= 11 is 9.53. The maximum absolute atomic E-state index is 10.1. The van der Waals surface area contributed by atoms with Crippen LogP contribution in [0.4, 0.5) is 0 Å². The molecule has 1 aromatic rings. The van der Waals surface area contributed by atoms with Crippen LogP contribution < -0.4 is 0 Å². The number of aliphatic hydroxyl groups excluding tert-OH is 1. The van der Waals surface area contributed by atoms with E-state index in [1.165, 1.54) is 32.1 Å². The molecule has 1 atom stereocenters. The van der Waals surface area contributed by atoms with E-state index in [-0.39, 0.29) is 11.4 Å². The van der Waals surface area contributed by atoms with Crippen molar-refractivity contribution in [3.63, 3.8) is 0 Å². The van der Waals surface area contributed by atoms with Crippen molar-refractivity contribution in [2.75, 3.05) is 5.34 Å². The van der Waals surface area contributed by atoms with Crippen molar-refractivity contribution < 1.29 is 5.11 Å². The second kappa shape index (κ2) is 8.79. The zero-order chi connectivity index (χ0) is 12.5. The topological polar surface area (TPSA) is 20.2 Å². The maximum atomic E-state index is 10.1. The molecule has 96 valence electrons. The summed E-state index contributed by atoms with van der Waals surface area (Å²) in [6, 6.07) is 10.1. The zero-order valence-corrected chi connectivity index (χ0v) is 11.5. The lowest BCUT2D eigenvalue weighted by Crippen LogP contribution is -2.15. The van der Waals surface area contributed by atoms with Gasteiger partial charge in [0.25, 0.3) is 0 Å². The van der Waals surface area contributed by atoms with Gasteiger partial charge in [-0.1, -0.05) is 49.6 Å². The summed E-state index contributed by atoms with van der Waals surface area (Å²) in [5, 5.41) is 10.3. The normalized spacial score (nSPS) is 18.1. The Hall–Kier alpha value is -0.240. The van der Waals surface area contributed by atoms with E-state index in [9.17, 15) is 5.11 Å². The van der Waals surface area contributed by atoms with Gasteiger partial charge in [-0.05, 0) is 24.3 Å². The quantitative estimate of drug-likeness (QED) is 0.774. The molecule has 1 aliphatic carbocycles. The fourth-order valence-corrected chi connectivity index (χ4v) is 2.37. The lowest BCUT2D eigenvalue weighted by atomic mass is 9.83. The average molecular weight is 275 g/mol. The number of halogens is 2. The SMILES string of the molecule is ClCCl.OC(c1ccccc1)C1CCCCC1. The molecule has 1 saturated carbocycles. The molecule has 0 aliphatic heterocycles. The van der Waals surface area contributed by atoms with E-state index in [1.807, 2.05) is 30.3 Å². The third-order valence-corrected chi connectivity index (χ3v) is 3.24. The molecule has 1 nitrogen and oxygen atoms in total. The first-order valence-corrected chi connectivity index (χ1v) is 7.21. The predicted molar refractivity (Wildman–Crippen MR) is 74.5 cm³/mol. The van der Waals surface area contributed by atoms with Crippen molar-refractivity contribution in [3.8, 4) is 0 Å². The van der Waals surface area contributed by atoms with Crippen molar-refractivity contribution in [1.29, 1.82) is 0 Å². The molecule has 0 bridgehead atoms. The van der Waals surface area contributed by atoms with Crippen LogP contribution in [0.1, 0.15) is 43.8 Å². The van der Waals surface area contributed by atoms with Crippen LogP contribution in [0.2, 0.25) is 0 Å². The fourth-order valence-electron chi connectivity index (χ4n) is 2.37. The molecular formula is C14H20Cl2O. The Bertz CT molecular complexity index is 284. The van der Waals surface area contributed by atoms with E-state index in [1.54, 1.807) is 0 Å². The standard InChI is InChI=1S/C13H18O.CH2Cl2/c14-13(11-7-3-1-4-8-11)12-9-5-2-6-10-12;2-1-3/h1,3-4,7-8,12-14H,2,5-6,9-10H2;1H2. The van der Waals surface area contributed by atoms with Crippen molar-refractivity contribution in [3.05, 3.63) is 35.9 Å². The van der Waals surface area contributed by atoms with Gasteiger partial charge >= 0.3 is 0 Å². The molecule has 0 spiro atoms. The minimum atomic E-state index is -0.239. The van der Waals surface area contributed by atoms with Crippen LogP contribution in [0.25, 0.3) is 0 Å². The molecule has 1 N–H and O–H groups in total. The first-order valence-electron chi connectivity index (χ1n) is 6.14. The van der Waals surface area contributed by atoms with Crippen LogP contribution in [0.3, 0.4) is 0 Å². The van der Waals surface area contributed by atoms with Crippen LogP contribution in [0, 0.1) is 5.92 Å². The Morgan fingerprint density at radius 2 is 1.59 bits per heavy atom. The predicted octanol–water partition coefficient (Wildman–Crippen LogP) is 4.72. The van der Waals surface area contributed by atoms with Gasteiger partial charge in [-0.25, -0.2) is 0 Å². The number of hydrogen-bond donors (Lipinski definition) is 1. The molecule has 3 heteroatoms. The number of hydrogen-bond acceptors (Lipinski definition) is 1. The van der Waals surface area contributed by atoms with E-state index in [0.717, 1.165) is 5.56 Å². The summed E-state index contributed by atoms with van der Waals surface area (Å²) in [6.45, 7) is 0. The molecule has 1 unspecified atom stereocenters. The lowest BCUT2D eigenvalue weighted by Gasteiger charge is -2.26. The summed E-state index contributed by atoms with van der Waals surface area (Å²) in [4.78, 5) is 0. The Morgan fingerprint density at radius 3 is 2.12 bits per heavy atom. The molecule has 1 aliphatic rings. The molecule has 17 heavy (non-hydrogen) atoms. The monoisotopic (exact) mass is 274 g/mol. The van der Waals surface area contributed by atoms with E-state index in [4.69, 9.17) is 23.2 Å². The number of benzene rings is 1. The molecule has 1 aromatic carbocycles. The van der Waals surface area contributed by atoms with E-state index in [2.05, 4.69) is 0 Å². The van der Waals surface area contributed by atoms with Crippen molar-refractivity contribution in [2.24, 2.45) is 5.92 Å². The first-order chi connectivity index (χ1) is 8.29. The average Bonchev–Trinajstić information content (AvgIpc) is 2.41. The maximum Gasteiger partial charge on any atom is 0.0967 e. The van der Waals surface area contributed by atoms with Gasteiger partial charge in [0.05, 0.1) is 11.4 Å². The summed E-state index contributed by atoms with van der Waals surface area (Å²) in [5.74, 6) is 0.492. The molecule has 0 aromatic heterocycles. The Morgan fingerprint density at radius 1 is 1.06 bits per heavy atom. The van der Waals surface area contributed by atoms with Crippen LogP contribution in [0.5, 0.6) is 0 Å². The van der Waals surface area contributed by atoms with E-state index >= 15 is 0 Å². The highest BCUT2D eigenvalue weighted by Crippen LogP contribution is 2.33. The van der Waals surface area contributed by atoms with Crippen LogP contribution in [0.15, 0.2) is 30.3 Å². The number of aliphatic hydroxyl groups is 1. The first kappa shape index (κ1) is 14.8. The van der Waals surface area contributed by atoms with Gasteiger partial charge in [-0.3, -0.25) is 0 Å². The zero-order valence-electron chi connectivity index (χ0n) is 9.99. The van der Waals surface area contributed by atoms with Crippen molar-refractivity contribution in [1.82, 2.24) is 0 Å². The largest absolute Gasteiger partial charge is 0.388 e. The van der Waals surface area contributed by atoms with Gasteiger partial charge in [0.1, 0.15) is 0 Å². The molecule has 0 saturated heterocycles. The fraction of sp³-hybridized carbons (Fsp3) is 0.571. The van der Waals surface area contributed by atoms with Gasteiger partial charge in [-0.2, -0.15) is 0 Å². The van der Waals surface area contributed by atoms with E-state index in [0.29, 0.717) is 5.92 Å². The van der Waals surface area contributed by atoms with Crippen molar-refractivity contribution in [2.45, 2.75) is 38.2 Å². The molecule has 0 heterocycles.